The van der Waals surface area contributed by atoms with Gasteiger partial charge in [0.25, 0.3) is 0 Å². The molecule has 0 aliphatic carbocycles. The van der Waals surface area contributed by atoms with Crippen LogP contribution in [0.4, 0.5) is 5.69 Å². The number of hydrogen-bond donors (Lipinski definition) is 1. The zero-order valence-corrected chi connectivity index (χ0v) is 16.2. The fraction of sp³-hybridized carbons (Fsp3) is 0.381. The van der Waals surface area contributed by atoms with Crippen LogP contribution < -0.4 is 5.32 Å². The average Bonchev–Trinajstić information content (AvgIpc) is 2.65. The summed E-state index contributed by atoms with van der Waals surface area (Å²) in [5.41, 5.74) is 3.25. The van der Waals surface area contributed by atoms with E-state index < -0.39 is 0 Å². The molecule has 0 spiro atoms. The molecule has 4 nitrogen and oxygen atoms in total. The Morgan fingerprint density at radius 3 is 2.38 bits per heavy atom. The zero-order chi connectivity index (χ0) is 18.5. The van der Waals surface area contributed by atoms with Gasteiger partial charge >= 0.3 is 0 Å². The minimum Gasteiger partial charge on any atom is -0.324 e. The van der Waals surface area contributed by atoms with Crippen molar-refractivity contribution >= 4 is 23.2 Å². The lowest BCUT2D eigenvalue weighted by Gasteiger charge is -2.37. The molecule has 0 radical (unpaired) electrons. The first-order chi connectivity index (χ1) is 12.5. The summed E-state index contributed by atoms with van der Waals surface area (Å²) in [6, 6.07) is 15.8. The summed E-state index contributed by atoms with van der Waals surface area (Å²) in [6.45, 7) is 8.65. The number of carbonyl (C=O) groups is 1. The number of hydrogen-bond acceptors (Lipinski definition) is 3. The van der Waals surface area contributed by atoms with E-state index in [1.54, 1.807) is 0 Å². The summed E-state index contributed by atoms with van der Waals surface area (Å²) >= 11 is 5.95. The van der Waals surface area contributed by atoms with Crippen LogP contribution in [0, 0.1) is 6.92 Å². The molecule has 1 amide bonds. The molecule has 2 aromatic carbocycles. The molecule has 1 heterocycles. The van der Waals surface area contributed by atoms with E-state index in [1.807, 2.05) is 50.2 Å². The molecular weight excluding hydrogens is 346 g/mol. The van der Waals surface area contributed by atoms with Crippen LogP contribution in [-0.4, -0.2) is 47.9 Å². The molecule has 26 heavy (non-hydrogen) atoms. The fourth-order valence-electron chi connectivity index (χ4n) is 3.27. The minimum atomic E-state index is -0.132. The number of benzene rings is 2. The van der Waals surface area contributed by atoms with Gasteiger partial charge in [-0.05, 0) is 43.2 Å². The highest BCUT2D eigenvalue weighted by atomic mass is 35.5. The molecule has 5 heteroatoms. The molecule has 1 aliphatic rings. The molecule has 0 aromatic heterocycles. The summed E-state index contributed by atoms with van der Waals surface area (Å²) in [5, 5.41) is 3.83. The Balaban J connectivity index is 1.50. The van der Waals surface area contributed by atoms with Gasteiger partial charge in [-0.25, -0.2) is 0 Å². The van der Waals surface area contributed by atoms with Crippen molar-refractivity contribution in [2.24, 2.45) is 0 Å². The van der Waals surface area contributed by atoms with Crippen LogP contribution in [0.5, 0.6) is 0 Å². The maximum Gasteiger partial charge on any atom is 0.241 e. The SMILES string of the molecule is Cc1ccccc1NC(=O)C(C)N1CCN(Cc2ccc(Cl)cc2)CC1. The predicted octanol–water partition coefficient (Wildman–Crippen LogP) is 3.79. The van der Waals surface area contributed by atoms with Gasteiger partial charge in [-0.2, -0.15) is 0 Å². The molecule has 1 fully saturated rings. The standard InChI is InChI=1S/C21H26ClN3O/c1-16-5-3-4-6-20(16)23-21(26)17(2)25-13-11-24(12-14-25)15-18-7-9-19(22)10-8-18/h3-10,17H,11-15H2,1-2H3,(H,23,26). The predicted molar refractivity (Wildman–Crippen MR) is 108 cm³/mol. The van der Waals surface area contributed by atoms with Gasteiger partial charge in [0.15, 0.2) is 0 Å². The molecule has 1 atom stereocenters. The number of amides is 1. The van der Waals surface area contributed by atoms with E-state index in [9.17, 15) is 4.79 Å². The second kappa shape index (κ2) is 8.67. The summed E-state index contributed by atoms with van der Waals surface area (Å²) in [7, 11) is 0. The van der Waals surface area contributed by atoms with E-state index in [1.165, 1.54) is 5.56 Å². The second-order valence-electron chi connectivity index (χ2n) is 6.92. The third kappa shape index (κ3) is 4.85. The van der Waals surface area contributed by atoms with Gasteiger partial charge in [-0.15, -0.1) is 0 Å². The minimum absolute atomic E-state index is 0.0606. The second-order valence-corrected chi connectivity index (χ2v) is 7.36. The monoisotopic (exact) mass is 371 g/mol. The highest BCUT2D eigenvalue weighted by molar-refractivity contribution is 6.30. The molecule has 138 valence electrons. The van der Waals surface area contributed by atoms with Gasteiger partial charge < -0.3 is 5.32 Å². The normalized spacial score (nSPS) is 17.0. The fourth-order valence-corrected chi connectivity index (χ4v) is 3.40. The lowest BCUT2D eigenvalue weighted by atomic mass is 10.1. The number of halogens is 1. The molecule has 1 N–H and O–H groups in total. The number of piperazine rings is 1. The van der Waals surface area contributed by atoms with Crippen LogP contribution in [-0.2, 0) is 11.3 Å². The van der Waals surface area contributed by atoms with Crippen LogP contribution in [0.25, 0.3) is 0 Å². The molecule has 1 unspecified atom stereocenters. The number of nitrogens with zero attached hydrogens (tertiary/aromatic N) is 2. The van der Waals surface area contributed by atoms with E-state index in [0.717, 1.165) is 49.0 Å². The van der Waals surface area contributed by atoms with Gasteiger partial charge in [-0.1, -0.05) is 41.9 Å². The third-order valence-corrected chi connectivity index (χ3v) is 5.31. The van der Waals surface area contributed by atoms with Crippen molar-refractivity contribution < 1.29 is 4.79 Å². The van der Waals surface area contributed by atoms with E-state index in [4.69, 9.17) is 11.6 Å². The van der Waals surface area contributed by atoms with Crippen LogP contribution in [0.2, 0.25) is 5.02 Å². The molecule has 0 saturated carbocycles. The number of anilines is 1. The first-order valence-corrected chi connectivity index (χ1v) is 9.48. The number of aryl methyl sites for hydroxylation is 1. The Bertz CT molecular complexity index is 739. The zero-order valence-electron chi connectivity index (χ0n) is 15.4. The highest BCUT2D eigenvalue weighted by Gasteiger charge is 2.25. The Labute approximate surface area is 160 Å². The quantitative estimate of drug-likeness (QED) is 0.868. The van der Waals surface area contributed by atoms with Crippen LogP contribution >= 0.6 is 11.6 Å². The van der Waals surface area contributed by atoms with Gasteiger partial charge in [0.1, 0.15) is 0 Å². The summed E-state index contributed by atoms with van der Waals surface area (Å²) in [4.78, 5) is 17.3. The average molecular weight is 372 g/mol. The molecular formula is C21H26ClN3O. The molecule has 2 aromatic rings. The smallest absolute Gasteiger partial charge is 0.241 e. The van der Waals surface area contributed by atoms with Crippen molar-refractivity contribution in [2.45, 2.75) is 26.4 Å². The highest BCUT2D eigenvalue weighted by Crippen LogP contribution is 2.16. The van der Waals surface area contributed by atoms with Gasteiger partial charge in [0, 0.05) is 43.4 Å². The molecule has 0 bridgehead atoms. The Morgan fingerprint density at radius 1 is 1.08 bits per heavy atom. The van der Waals surface area contributed by atoms with E-state index in [0.29, 0.717) is 0 Å². The van der Waals surface area contributed by atoms with Crippen molar-refractivity contribution in [1.82, 2.24) is 9.80 Å². The Kier molecular flexibility index (Phi) is 6.30. The van der Waals surface area contributed by atoms with Crippen LogP contribution in [0.3, 0.4) is 0 Å². The molecule has 1 saturated heterocycles. The van der Waals surface area contributed by atoms with E-state index in [2.05, 4.69) is 27.2 Å². The molecule has 3 rings (SSSR count). The maximum atomic E-state index is 12.6. The number of nitrogens with one attached hydrogen (secondary N) is 1. The number of para-hydroxylation sites is 1. The summed E-state index contributed by atoms with van der Waals surface area (Å²) < 4.78 is 0. The van der Waals surface area contributed by atoms with Crippen molar-refractivity contribution in [3.05, 3.63) is 64.7 Å². The maximum absolute atomic E-state index is 12.6. The summed E-state index contributed by atoms with van der Waals surface area (Å²) in [5.74, 6) is 0.0606. The van der Waals surface area contributed by atoms with Gasteiger partial charge in [0.2, 0.25) is 5.91 Å². The first-order valence-electron chi connectivity index (χ1n) is 9.10. The number of rotatable bonds is 5. The van der Waals surface area contributed by atoms with Crippen LogP contribution in [0.1, 0.15) is 18.1 Å². The lowest BCUT2D eigenvalue weighted by Crippen LogP contribution is -2.52. The van der Waals surface area contributed by atoms with E-state index in [-0.39, 0.29) is 11.9 Å². The molecule has 1 aliphatic heterocycles. The Morgan fingerprint density at radius 2 is 1.73 bits per heavy atom. The first kappa shape index (κ1) is 18.9. The van der Waals surface area contributed by atoms with Crippen LogP contribution in [0.15, 0.2) is 48.5 Å². The van der Waals surface area contributed by atoms with Gasteiger partial charge in [-0.3, -0.25) is 14.6 Å². The largest absolute Gasteiger partial charge is 0.324 e. The topological polar surface area (TPSA) is 35.6 Å². The van der Waals surface area contributed by atoms with Crippen molar-refractivity contribution in [2.75, 3.05) is 31.5 Å². The third-order valence-electron chi connectivity index (χ3n) is 5.06. The van der Waals surface area contributed by atoms with Gasteiger partial charge in [0.05, 0.1) is 6.04 Å². The Hall–Kier alpha value is -1.88. The van der Waals surface area contributed by atoms with Crippen molar-refractivity contribution in [3.8, 4) is 0 Å². The van der Waals surface area contributed by atoms with E-state index >= 15 is 0 Å². The van der Waals surface area contributed by atoms with Crippen molar-refractivity contribution in [1.29, 1.82) is 0 Å². The lowest BCUT2D eigenvalue weighted by molar-refractivity contribution is -0.121. The van der Waals surface area contributed by atoms with Crippen molar-refractivity contribution in [3.63, 3.8) is 0 Å². The summed E-state index contributed by atoms with van der Waals surface area (Å²) in [6.07, 6.45) is 0. The number of carbonyl (C=O) groups excluding carboxylic acids is 1.